The largest absolute Gasteiger partial charge is 0.311 e. The van der Waals surface area contributed by atoms with Gasteiger partial charge in [0.2, 0.25) is 5.91 Å². The van der Waals surface area contributed by atoms with Crippen LogP contribution in [0.5, 0.6) is 0 Å². The van der Waals surface area contributed by atoms with Crippen LogP contribution >= 0.6 is 0 Å². The average Bonchev–Trinajstić information content (AvgIpc) is 3.07. The molecule has 4 rings (SSSR count). The zero-order valence-electron chi connectivity index (χ0n) is 14.1. The summed E-state index contributed by atoms with van der Waals surface area (Å²) in [6.45, 7) is 1.99. The number of nitrogens with zero attached hydrogens (tertiary/aromatic N) is 2. The van der Waals surface area contributed by atoms with Crippen LogP contribution in [0.25, 0.3) is 0 Å². The summed E-state index contributed by atoms with van der Waals surface area (Å²) in [4.78, 5) is 12.3. The molecule has 1 N–H and O–H groups in total. The van der Waals surface area contributed by atoms with Gasteiger partial charge in [0.05, 0.1) is 23.2 Å². The van der Waals surface area contributed by atoms with Gasteiger partial charge in [0, 0.05) is 17.9 Å². The minimum Gasteiger partial charge on any atom is -0.311 e. The summed E-state index contributed by atoms with van der Waals surface area (Å²) in [6.07, 6.45) is 7.26. The Hall–Kier alpha value is -1.37. The molecular weight excluding hydrogens is 326 g/mol. The quantitative estimate of drug-likeness (QED) is 0.888. The summed E-state index contributed by atoms with van der Waals surface area (Å²) in [5.74, 6) is 1.94. The third kappa shape index (κ3) is 2.76. The fraction of sp³-hybridized carbons (Fsp3) is 0.765. The molecule has 0 spiro atoms. The molecule has 24 heavy (non-hydrogen) atoms. The first-order valence-electron chi connectivity index (χ1n) is 9.04. The maximum atomic E-state index is 12.3. The fourth-order valence-electron chi connectivity index (χ4n) is 4.79. The first kappa shape index (κ1) is 16.1. The fourth-order valence-corrected chi connectivity index (χ4v) is 6.48. The number of fused-ring (bicyclic) bond motifs is 1. The second-order valence-corrected chi connectivity index (χ2v) is 9.83. The monoisotopic (exact) mass is 351 g/mol. The number of aromatic nitrogens is 2. The Balaban J connectivity index is 1.72. The average molecular weight is 351 g/mol. The van der Waals surface area contributed by atoms with Crippen molar-refractivity contribution in [3.63, 3.8) is 0 Å². The van der Waals surface area contributed by atoms with Crippen LogP contribution in [0.4, 0.5) is 5.82 Å². The molecule has 6 nitrogen and oxygen atoms in total. The summed E-state index contributed by atoms with van der Waals surface area (Å²) >= 11 is 0. The molecule has 2 atom stereocenters. The van der Waals surface area contributed by atoms with Gasteiger partial charge in [0.1, 0.15) is 5.82 Å². The van der Waals surface area contributed by atoms with Gasteiger partial charge < -0.3 is 5.32 Å². The molecule has 132 valence electrons. The molecule has 2 unspecified atom stereocenters. The predicted molar refractivity (Wildman–Crippen MR) is 91.8 cm³/mol. The molecule has 0 bridgehead atoms. The molecule has 7 heteroatoms. The van der Waals surface area contributed by atoms with Gasteiger partial charge in [-0.25, -0.2) is 13.1 Å². The maximum absolute atomic E-state index is 12.3. The van der Waals surface area contributed by atoms with E-state index in [0.29, 0.717) is 18.8 Å². The number of hydrogen-bond donors (Lipinski definition) is 1. The number of rotatable bonds is 2. The first-order chi connectivity index (χ1) is 11.4. The number of carbonyl (C=O) groups is 1. The van der Waals surface area contributed by atoms with Crippen molar-refractivity contribution < 1.29 is 13.2 Å². The Labute approximate surface area is 142 Å². The molecule has 1 aliphatic carbocycles. The van der Waals surface area contributed by atoms with E-state index in [1.165, 1.54) is 32.1 Å². The number of hydrogen-bond acceptors (Lipinski definition) is 4. The van der Waals surface area contributed by atoms with Gasteiger partial charge in [0.25, 0.3) is 0 Å². The van der Waals surface area contributed by atoms with Crippen molar-refractivity contribution in [2.24, 2.45) is 5.92 Å². The molecule has 1 amide bonds. The molecule has 3 heterocycles. The minimum absolute atomic E-state index is 0.0417. The first-order valence-corrected chi connectivity index (χ1v) is 10.9. The van der Waals surface area contributed by atoms with Gasteiger partial charge in [-0.05, 0) is 32.1 Å². The van der Waals surface area contributed by atoms with Gasteiger partial charge in [0.15, 0.2) is 9.84 Å². The second-order valence-electron chi connectivity index (χ2n) is 7.61. The minimum atomic E-state index is -2.98. The van der Waals surface area contributed by atoms with Gasteiger partial charge in [-0.3, -0.25) is 4.79 Å². The maximum Gasteiger partial charge on any atom is 0.226 e. The highest BCUT2D eigenvalue weighted by Crippen LogP contribution is 2.45. The summed E-state index contributed by atoms with van der Waals surface area (Å²) in [5.41, 5.74) is 2.11. The lowest BCUT2D eigenvalue weighted by Gasteiger charge is -2.33. The molecular formula is C17H25N3O3S. The van der Waals surface area contributed by atoms with Crippen molar-refractivity contribution in [2.45, 2.75) is 63.8 Å². The van der Waals surface area contributed by atoms with Crippen molar-refractivity contribution in [1.29, 1.82) is 0 Å². The number of nitrogens with one attached hydrogen (secondary N) is 1. The van der Waals surface area contributed by atoms with E-state index in [1.54, 1.807) is 4.68 Å². The number of carbonyl (C=O) groups excluding carboxylic acids is 1. The lowest BCUT2D eigenvalue weighted by molar-refractivity contribution is -0.117. The van der Waals surface area contributed by atoms with Crippen LogP contribution in [0, 0.1) is 12.8 Å². The molecule has 2 fully saturated rings. The smallest absolute Gasteiger partial charge is 0.226 e. The Morgan fingerprint density at radius 3 is 2.58 bits per heavy atom. The molecule has 1 aromatic heterocycles. The van der Waals surface area contributed by atoms with Gasteiger partial charge >= 0.3 is 0 Å². The zero-order chi connectivity index (χ0) is 16.9. The summed E-state index contributed by atoms with van der Waals surface area (Å²) in [7, 11) is -2.98. The topological polar surface area (TPSA) is 81.1 Å². The Morgan fingerprint density at radius 1 is 1.17 bits per heavy atom. The van der Waals surface area contributed by atoms with Crippen LogP contribution in [-0.4, -0.2) is 35.6 Å². The van der Waals surface area contributed by atoms with E-state index < -0.39 is 9.84 Å². The molecule has 1 saturated carbocycles. The van der Waals surface area contributed by atoms with Crippen LogP contribution in [0.3, 0.4) is 0 Å². The molecule has 3 aliphatic rings. The zero-order valence-corrected chi connectivity index (χ0v) is 14.9. The molecule has 2 aliphatic heterocycles. The van der Waals surface area contributed by atoms with Crippen LogP contribution in [0.15, 0.2) is 0 Å². The SMILES string of the molecule is Cc1nn(C2CCS(=O)(=O)C2)c2c1C(C1CCCCC1)CC(=O)N2. The van der Waals surface area contributed by atoms with E-state index >= 15 is 0 Å². The normalized spacial score (nSPS) is 30.1. The molecule has 0 aromatic carbocycles. The third-order valence-electron chi connectivity index (χ3n) is 5.94. The van der Waals surface area contributed by atoms with Gasteiger partial charge in [-0.1, -0.05) is 19.3 Å². The predicted octanol–water partition coefficient (Wildman–Crippen LogP) is 2.56. The number of amides is 1. The summed E-state index contributed by atoms with van der Waals surface area (Å²) < 4.78 is 25.5. The lowest BCUT2D eigenvalue weighted by atomic mass is 9.74. The third-order valence-corrected chi connectivity index (χ3v) is 7.69. The van der Waals surface area contributed by atoms with Crippen molar-refractivity contribution in [3.05, 3.63) is 11.3 Å². The van der Waals surface area contributed by atoms with Gasteiger partial charge in [-0.2, -0.15) is 5.10 Å². The Kier molecular flexibility index (Phi) is 3.94. The van der Waals surface area contributed by atoms with Crippen molar-refractivity contribution in [1.82, 2.24) is 9.78 Å². The van der Waals surface area contributed by atoms with E-state index in [-0.39, 0.29) is 29.4 Å². The standard InChI is InChI=1S/C17H25N3O3S/c1-11-16-14(12-5-3-2-4-6-12)9-15(21)18-17(16)20(19-11)13-7-8-24(22,23)10-13/h12-14H,2-10H2,1H3,(H,18,21). The number of sulfone groups is 1. The van der Waals surface area contributed by atoms with Crippen LogP contribution < -0.4 is 5.32 Å². The molecule has 1 aromatic rings. The Bertz CT molecular complexity index is 762. The lowest BCUT2D eigenvalue weighted by Crippen LogP contribution is -2.30. The van der Waals surface area contributed by atoms with Crippen molar-refractivity contribution in [3.8, 4) is 0 Å². The second kappa shape index (κ2) is 5.86. The van der Waals surface area contributed by atoms with Gasteiger partial charge in [-0.15, -0.1) is 0 Å². The highest BCUT2D eigenvalue weighted by molar-refractivity contribution is 7.91. The highest BCUT2D eigenvalue weighted by Gasteiger charge is 2.39. The summed E-state index contributed by atoms with van der Waals surface area (Å²) in [6, 6.07) is -0.150. The van der Waals surface area contributed by atoms with Crippen LogP contribution in [0.2, 0.25) is 0 Å². The molecule has 1 saturated heterocycles. The highest BCUT2D eigenvalue weighted by atomic mass is 32.2. The number of aryl methyl sites for hydroxylation is 1. The summed E-state index contributed by atoms with van der Waals surface area (Å²) in [5, 5.41) is 7.65. The molecule has 0 radical (unpaired) electrons. The van der Waals surface area contributed by atoms with E-state index in [9.17, 15) is 13.2 Å². The van der Waals surface area contributed by atoms with Crippen LogP contribution in [-0.2, 0) is 14.6 Å². The van der Waals surface area contributed by atoms with E-state index in [4.69, 9.17) is 0 Å². The van der Waals surface area contributed by atoms with Crippen molar-refractivity contribution in [2.75, 3.05) is 16.8 Å². The Morgan fingerprint density at radius 2 is 1.92 bits per heavy atom. The number of anilines is 1. The van der Waals surface area contributed by atoms with E-state index in [0.717, 1.165) is 17.1 Å². The van der Waals surface area contributed by atoms with Crippen molar-refractivity contribution >= 4 is 21.6 Å². The van der Waals surface area contributed by atoms with E-state index in [1.807, 2.05) is 6.92 Å². The van der Waals surface area contributed by atoms with Crippen LogP contribution in [0.1, 0.15) is 68.2 Å². The van der Waals surface area contributed by atoms with E-state index in [2.05, 4.69) is 10.4 Å².